The molecule has 3 rings (SSSR count). The smallest absolute Gasteiger partial charge is 0.322 e. The number of aryl methyl sites for hydroxylation is 1. The number of benzene rings is 1. The molecule has 2 heterocycles. The van der Waals surface area contributed by atoms with Crippen LogP contribution in [0, 0.1) is 5.82 Å². The molecule has 1 saturated heterocycles. The molecule has 0 unspecified atom stereocenters. The van der Waals surface area contributed by atoms with Gasteiger partial charge in [0.1, 0.15) is 23.7 Å². The molecule has 1 aliphatic rings. The number of aliphatic carboxylic acids is 1. The monoisotopic (exact) mass is 426 g/mol. The second-order valence-electron chi connectivity index (χ2n) is 6.70. The molecule has 0 atom stereocenters. The maximum atomic E-state index is 13.8. The first-order valence-electron chi connectivity index (χ1n) is 9.25. The third-order valence-electron chi connectivity index (χ3n) is 4.85. The summed E-state index contributed by atoms with van der Waals surface area (Å²) in [6, 6.07) is 3.95. The van der Waals surface area contributed by atoms with Crippen LogP contribution in [0.2, 0.25) is 0 Å². The van der Waals surface area contributed by atoms with Crippen molar-refractivity contribution in [3.8, 4) is 0 Å². The van der Waals surface area contributed by atoms with Gasteiger partial charge in [-0.15, -0.1) is 12.4 Å². The van der Waals surface area contributed by atoms with Crippen LogP contribution in [0.15, 0.2) is 23.0 Å². The molecule has 2 aromatic rings. The molecule has 4 N–H and O–H groups in total. The van der Waals surface area contributed by atoms with E-state index >= 15 is 0 Å². The van der Waals surface area contributed by atoms with E-state index in [4.69, 9.17) is 5.11 Å². The van der Waals surface area contributed by atoms with Crippen molar-refractivity contribution in [2.24, 2.45) is 0 Å². The molecule has 0 radical (unpaired) electrons. The van der Waals surface area contributed by atoms with Crippen molar-refractivity contribution in [2.75, 3.05) is 25.0 Å². The molecular formula is C19H24ClFN4O4. The van der Waals surface area contributed by atoms with E-state index in [-0.39, 0.29) is 29.4 Å². The summed E-state index contributed by atoms with van der Waals surface area (Å²) < 4.78 is 15.5. The van der Waals surface area contributed by atoms with Crippen molar-refractivity contribution in [2.45, 2.75) is 32.4 Å². The van der Waals surface area contributed by atoms with Crippen LogP contribution >= 0.6 is 12.4 Å². The molecular weight excluding hydrogens is 403 g/mol. The molecule has 158 valence electrons. The number of pyridine rings is 1. The number of carbonyl (C=O) groups is 2. The van der Waals surface area contributed by atoms with Crippen molar-refractivity contribution >= 4 is 41.0 Å². The number of nitrogens with one attached hydrogen (secondary N) is 3. The number of carboxylic acids is 1. The highest BCUT2D eigenvalue weighted by Crippen LogP contribution is 2.24. The summed E-state index contributed by atoms with van der Waals surface area (Å²) in [7, 11) is 0. The van der Waals surface area contributed by atoms with Gasteiger partial charge in [0.15, 0.2) is 0 Å². The number of aromatic nitrogens is 1. The Balaban J connectivity index is 0.00000300. The van der Waals surface area contributed by atoms with Crippen LogP contribution in [0.3, 0.4) is 0 Å². The second kappa shape index (κ2) is 9.71. The molecule has 1 aromatic carbocycles. The quantitative estimate of drug-likeness (QED) is 0.557. The minimum absolute atomic E-state index is 0. The van der Waals surface area contributed by atoms with E-state index in [9.17, 15) is 18.8 Å². The highest BCUT2D eigenvalue weighted by Gasteiger charge is 2.25. The van der Waals surface area contributed by atoms with Crippen molar-refractivity contribution < 1.29 is 19.1 Å². The number of hydrogen-bond donors (Lipinski definition) is 4. The molecule has 1 aromatic heterocycles. The first-order chi connectivity index (χ1) is 13.4. The Kier molecular flexibility index (Phi) is 7.58. The van der Waals surface area contributed by atoms with Crippen LogP contribution in [0.4, 0.5) is 10.2 Å². The number of halogens is 2. The number of amides is 1. The van der Waals surface area contributed by atoms with Crippen molar-refractivity contribution in [3.63, 3.8) is 0 Å². The van der Waals surface area contributed by atoms with E-state index in [2.05, 4.69) is 16.0 Å². The van der Waals surface area contributed by atoms with Crippen LogP contribution in [-0.2, 0) is 11.3 Å². The molecule has 8 nitrogen and oxygen atoms in total. The highest BCUT2D eigenvalue weighted by atomic mass is 35.5. The maximum absolute atomic E-state index is 13.8. The van der Waals surface area contributed by atoms with E-state index in [1.54, 1.807) is 4.57 Å². The third kappa shape index (κ3) is 4.86. The molecule has 0 spiro atoms. The summed E-state index contributed by atoms with van der Waals surface area (Å²) in [6.07, 6.45) is 1.63. The van der Waals surface area contributed by atoms with Crippen LogP contribution in [0.25, 0.3) is 10.9 Å². The van der Waals surface area contributed by atoms with Gasteiger partial charge in [-0.05, 0) is 51.1 Å². The average Bonchev–Trinajstić information content (AvgIpc) is 2.68. The lowest BCUT2D eigenvalue weighted by molar-refractivity contribution is -0.135. The van der Waals surface area contributed by atoms with Gasteiger partial charge >= 0.3 is 5.97 Å². The van der Waals surface area contributed by atoms with Gasteiger partial charge in [0.05, 0.1) is 5.52 Å². The fourth-order valence-corrected chi connectivity index (χ4v) is 3.52. The van der Waals surface area contributed by atoms with E-state index < -0.39 is 29.7 Å². The Labute approximate surface area is 172 Å². The van der Waals surface area contributed by atoms with E-state index in [0.717, 1.165) is 32.0 Å². The fraction of sp³-hybridized carbons (Fsp3) is 0.421. The lowest BCUT2D eigenvalue weighted by Crippen LogP contribution is -2.39. The van der Waals surface area contributed by atoms with Gasteiger partial charge in [-0.1, -0.05) is 0 Å². The normalized spacial score (nSPS) is 14.3. The Bertz CT molecular complexity index is 973. The number of piperidine rings is 1. The molecule has 1 aliphatic heterocycles. The Morgan fingerprint density at radius 2 is 2.00 bits per heavy atom. The predicted molar refractivity (Wildman–Crippen MR) is 111 cm³/mol. The highest BCUT2D eigenvalue weighted by molar-refractivity contribution is 6.03. The van der Waals surface area contributed by atoms with Gasteiger partial charge in [0.2, 0.25) is 5.43 Å². The number of anilines is 1. The fourth-order valence-electron chi connectivity index (χ4n) is 3.52. The molecule has 29 heavy (non-hydrogen) atoms. The van der Waals surface area contributed by atoms with E-state index in [1.807, 2.05) is 6.92 Å². The third-order valence-corrected chi connectivity index (χ3v) is 4.85. The maximum Gasteiger partial charge on any atom is 0.322 e. The zero-order chi connectivity index (χ0) is 20.3. The minimum atomic E-state index is -1.22. The topological polar surface area (TPSA) is 112 Å². The lowest BCUT2D eigenvalue weighted by Gasteiger charge is -2.28. The second-order valence-corrected chi connectivity index (χ2v) is 6.70. The van der Waals surface area contributed by atoms with Gasteiger partial charge in [-0.3, -0.25) is 14.4 Å². The Morgan fingerprint density at radius 1 is 1.31 bits per heavy atom. The summed E-state index contributed by atoms with van der Waals surface area (Å²) in [5.74, 6) is -2.26. The molecule has 10 heteroatoms. The van der Waals surface area contributed by atoms with Crippen molar-refractivity contribution in [1.82, 2.24) is 15.2 Å². The number of nitrogens with zero attached hydrogens (tertiary/aromatic N) is 1. The zero-order valence-corrected chi connectivity index (χ0v) is 16.8. The molecule has 1 fully saturated rings. The minimum Gasteiger partial charge on any atom is -0.480 e. The summed E-state index contributed by atoms with van der Waals surface area (Å²) in [5.41, 5.74) is -0.307. The SMILES string of the molecule is CCn1c(NC2CCNCC2)c(C(=O)NCC(=O)O)c(=O)c2cc(F)ccc21.Cl. The van der Waals surface area contributed by atoms with E-state index in [0.29, 0.717) is 17.9 Å². The van der Waals surface area contributed by atoms with Crippen LogP contribution in [-0.4, -0.2) is 47.2 Å². The summed E-state index contributed by atoms with van der Waals surface area (Å²) >= 11 is 0. The molecule has 1 amide bonds. The number of carboxylic acid groups (broad SMARTS) is 1. The van der Waals surface area contributed by atoms with Crippen LogP contribution in [0.5, 0.6) is 0 Å². The van der Waals surface area contributed by atoms with Crippen LogP contribution in [0.1, 0.15) is 30.1 Å². The van der Waals surface area contributed by atoms with Gasteiger partial charge < -0.3 is 25.6 Å². The molecule has 0 bridgehead atoms. The summed E-state index contributed by atoms with van der Waals surface area (Å²) in [5, 5.41) is 17.7. The van der Waals surface area contributed by atoms with Gasteiger partial charge in [0.25, 0.3) is 5.91 Å². The number of carbonyl (C=O) groups excluding carboxylic acids is 1. The van der Waals surface area contributed by atoms with Gasteiger partial charge in [0, 0.05) is 18.0 Å². The number of hydrogen-bond acceptors (Lipinski definition) is 5. The standard InChI is InChI=1S/C19H23FN4O4.ClH/c1-2-24-14-4-3-11(20)9-13(14)17(27)16(19(28)22-10-15(25)26)18(24)23-12-5-7-21-8-6-12;/h3-4,9,12,21,23H,2,5-8,10H2,1H3,(H,22,28)(H,25,26);1H. The molecule has 0 aliphatic carbocycles. The van der Waals surface area contributed by atoms with Crippen molar-refractivity contribution in [3.05, 3.63) is 39.8 Å². The van der Waals surface area contributed by atoms with Crippen LogP contribution < -0.4 is 21.4 Å². The first-order valence-corrected chi connectivity index (χ1v) is 9.25. The van der Waals surface area contributed by atoms with Crippen molar-refractivity contribution in [1.29, 1.82) is 0 Å². The zero-order valence-electron chi connectivity index (χ0n) is 16.0. The summed E-state index contributed by atoms with van der Waals surface area (Å²) in [6.45, 7) is 3.31. The number of rotatable bonds is 6. The predicted octanol–water partition coefficient (Wildman–Crippen LogP) is 1.56. The van der Waals surface area contributed by atoms with E-state index in [1.165, 1.54) is 12.1 Å². The number of fused-ring (bicyclic) bond motifs is 1. The first kappa shape index (κ1) is 22.6. The average molecular weight is 427 g/mol. The Morgan fingerprint density at radius 3 is 2.62 bits per heavy atom. The largest absolute Gasteiger partial charge is 0.480 e. The molecule has 0 saturated carbocycles. The van der Waals surface area contributed by atoms with Gasteiger partial charge in [-0.2, -0.15) is 0 Å². The summed E-state index contributed by atoms with van der Waals surface area (Å²) in [4.78, 5) is 36.6. The lowest BCUT2D eigenvalue weighted by atomic mass is 10.0. The van der Waals surface area contributed by atoms with Gasteiger partial charge in [-0.25, -0.2) is 4.39 Å². The Hall–Kier alpha value is -2.65.